The molecule has 0 rings (SSSR count). The van der Waals surface area contributed by atoms with Crippen molar-refractivity contribution in [2.45, 2.75) is 212 Å². The van der Waals surface area contributed by atoms with Crippen molar-refractivity contribution in [2.24, 2.45) is 0 Å². The van der Waals surface area contributed by atoms with Gasteiger partial charge in [-0.15, -0.1) is 0 Å². The molecule has 0 aliphatic heterocycles. The zero-order valence-electron chi connectivity index (χ0n) is 41.3. The van der Waals surface area contributed by atoms with Crippen molar-refractivity contribution in [1.29, 1.82) is 0 Å². The van der Waals surface area contributed by atoms with Gasteiger partial charge in [0.2, 0.25) is 5.91 Å². The number of hydrogen-bond acceptors (Lipinski definition) is 5. The van der Waals surface area contributed by atoms with E-state index < -0.39 is 20.0 Å². The SMILES string of the molecule is CC/C=C\C/C=C\C/C=C\C/C=C\C/C=C\C/C=C\C/C=C\CCCCCC(=O)NC(COP(=O)(O)OCC[N+](C)(C)C)C(O)CCCCCCCCCCCCCCCCCC. The van der Waals surface area contributed by atoms with Crippen molar-refractivity contribution in [3.05, 3.63) is 85.1 Å². The number of aliphatic hydroxyl groups is 1. The van der Waals surface area contributed by atoms with Crippen LogP contribution in [0.5, 0.6) is 0 Å². The van der Waals surface area contributed by atoms with E-state index in [-0.39, 0.29) is 19.1 Å². The van der Waals surface area contributed by atoms with Gasteiger partial charge < -0.3 is 19.8 Å². The van der Waals surface area contributed by atoms with Gasteiger partial charge in [-0.25, -0.2) is 4.57 Å². The Balaban J connectivity index is 4.37. The van der Waals surface area contributed by atoms with Gasteiger partial charge in [0.25, 0.3) is 0 Å². The van der Waals surface area contributed by atoms with Gasteiger partial charge in [0.05, 0.1) is 39.9 Å². The van der Waals surface area contributed by atoms with Crippen molar-refractivity contribution < 1.29 is 32.9 Å². The highest BCUT2D eigenvalue weighted by molar-refractivity contribution is 7.47. The summed E-state index contributed by atoms with van der Waals surface area (Å²) in [5.41, 5.74) is 0. The quantitative estimate of drug-likeness (QED) is 0.0243. The number of allylic oxidation sites excluding steroid dienone is 14. The first-order chi connectivity index (χ1) is 30.5. The number of carbonyl (C=O) groups excluding carboxylic acids is 1. The van der Waals surface area contributed by atoms with Crippen molar-refractivity contribution in [2.75, 3.05) is 40.9 Å². The molecule has 0 aromatic carbocycles. The standard InChI is InChI=1S/C54H97N2O6P/c1-6-8-10-12-14-16-18-20-22-24-25-26-27-28-29-30-31-32-34-36-38-40-42-44-46-48-54(58)55-52(51-62-63(59,60)61-50-49-56(3,4)5)53(57)47-45-43-41-39-37-35-33-23-21-19-17-15-13-11-9-7-2/h8,10,14,16,20,22,25-26,28-29,31-32,36,38,52-53,57H,6-7,9,11-13,15,17-19,21,23-24,27,30,33-35,37,39-51H2,1-5H3,(H-,55,58,59,60)/p+1/b10-8-,16-14-,22-20-,26-25-,29-28-,32-31-,38-36-. The minimum atomic E-state index is -4.33. The van der Waals surface area contributed by atoms with E-state index in [1.54, 1.807) is 0 Å². The summed E-state index contributed by atoms with van der Waals surface area (Å²) >= 11 is 0. The van der Waals surface area contributed by atoms with E-state index in [1.807, 2.05) is 21.1 Å². The summed E-state index contributed by atoms with van der Waals surface area (Å²) in [6.45, 7) is 4.74. The molecule has 63 heavy (non-hydrogen) atoms. The number of aliphatic hydroxyl groups excluding tert-OH is 1. The van der Waals surface area contributed by atoms with E-state index in [1.165, 1.54) is 83.5 Å². The topological polar surface area (TPSA) is 105 Å². The highest BCUT2D eigenvalue weighted by Gasteiger charge is 2.28. The molecule has 8 nitrogen and oxygen atoms in total. The fourth-order valence-corrected chi connectivity index (χ4v) is 7.64. The number of rotatable bonds is 45. The number of nitrogens with zero attached hydrogens (tertiary/aromatic N) is 1. The van der Waals surface area contributed by atoms with E-state index in [0.29, 0.717) is 23.9 Å². The van der Waals surface area contributed by atoms with Crippen molar-refractivity contribution >= 4 is 13.7 Å². The lowest BCUT2D eigenvalue weighted by molar-refractivity contribution is -0.870. The Morgan fingerprint density at radius 3 is 1.38 bits per heavy atom. The summed E-state index contributed by atoms with van der Waals surface area (Å²) in [4.78, 5) is 23.2. The summed E-state index contributed by atoms with van der Waals surface area (Å²) in [5, 5.41) is 14.0. The third kappa shape index (κ3) is 47.5. The molecule has 0 aromatic heterocycles. The second kappa shape index (κ2) is 44.9. The van der Waals surface area contributed by atoms with Crippen LogP contribution in [0.1, 0.15) is 200 Å². The van der Waals surface area contributed by atoms with Gasteiger partial charge >= 0.3 is 7.82 Å². The van der Waals surface area contributed by atoms with Gasteiger partial charge in [0.1, 0.15) is 13.2 Å². The number of amides is 1. The van der Waals surface area contributed by atoms with Crippen LogP contribution in [0.15, 0.2) is 85.1 Å². The maximum absolute atomic E-state index is 12.9. The Hall–Kier alpha value is -2.32. The first-order valence-corrected chi connectivity index (χ1v) is 26.9. The molecule has 0 radical (unpaired) electrons. The normalized spacial score (nSPS) is 14.8. The Bertz CT molecular complexity index is 1300. The number of phosphoric acid groups is 1. The molecule has 0 aliphatic carbocycles. The second-order valence-corrected chi connectivity index (χ2v) is 19.6. The molecule has 0 fully saturated rings. The highest BCUT2D eigenvalue weighted by atomic mass is 31.2. The van der Waals surface area contributed by atoms with Crippen LogP contribution in [0.25, 0.3) is 0 Å². The largest absolute Gasteiger partial charge is 0.472 e. The van der Waals surface area contributed by atoms with Crippen molar-refractivity contribution in [1.82, 2.24) is 5.32 Å². The molecule has 0 saturated carbocycles. The van der Waals surface area contributed by atoms with Gasteiger partial charge in [0, 0.05) is 6.42 Å². The molecule has 0 aromatic rings. The Morgan fingerprint density at radius 1 is 0.556 bits per heavy atom. The predicted molar refractivity (Wildman–Crippen MR) is 272 cm³/mol. The van der Waals surface area contributed by atoms with E-state index in [9.17, 15) is 19.4 Å². The fourth-order valence-electron chi connectivity index (χ4n) is 6.91. The molecule has 0 bridgehead atoms. The van der Waals surface area contributed by atoms with E-state index in [0.717, 1.165) is 89.9 Å². The molecule has 3 atom stereocenters. The molecule has 0 heterocycles. The molecule has 3 unspecified atom stereocenters. The van der Waals surface area contributed by atoms with Crippen molar-refractivity contribution in [3.8, 4) is 0 Å². The van der Waals surface area contributed by atoms with E-state index in [4.69, 9.17) is 9.05 Å². The van der Waals surface area contributed by atoms with Gasteiger partial charge in [-0.2, -0.15) is 0 Å². The van der Waals surface area contributed by atoms with Gasteiger partial charge in [-0.3, -0.25) is 13.8 Å². The number of carbonyl (C=O) groups is 1. The number of hydrogen-bond donors (Lipinski definition) is 3. The van der Waals surface area contributed by atoms with Gasteiger partial charge in [-0.1, -0.05) is 208 Å². The lowest BCUT2D eigenvalue weighted by atomic mass is 10.0. The monoisotopic (exact) mass is 902 g/mol. The molecule has 1 amide bonds. The van der Waals surface area contributed by atoms with E-state index in [2.05, 4.69) is 104 Å². The van der Waals surface area contributed by atoms with E-state index >= 15 is 0 Å². The summed E-state index contributed by atoms with van der Waals surface area (Å²) in [6.07, 6.45) is 61.9. The lowest BCUT2D eigenvalue weighted by Crippen LogP contribution is -2.46. The van der Waals surface area contributed by atoms with Crippen LogP contribution in [0.2, 0.25) is 0 Å². The Labute approximate surface area is 388 Å². The molecule has 0 spiro atoms. The smallest absolute Gasteiger partial charge is 0.391 e. The van der Waals surface area contributed by atoms with Crippen molar-refractivity contribution in [3.63, 3.8) is 0 Å². The minimum Gasteiger partial charge on any atom is -0.391 e. The first kappa shape index (κ1) is 60.7. The highest BCUT2D eigenvalue weighted by Crippen LogP contribution is 2.43. The maximum atomic E-state index is 12.9. The third-order valence-corrected chi connectivity index (χ3v) is 11.9. The van der Waals surface area contributed by atoms with Crippen LogP contribution in [-0.2, 0) is 18.4 Å². The summed E-state index contributed by atoms with van der Waals surface area (Å²) in [6, 6.07) is -0.784. The van der Waals surface area contributed by atoms with Gasteiger partial charge in [-0.05, 0) is 70.6 Å². The molecule has 0 saturated heterocycles. The molecule has 364 valence electrons. The predicted octanol–water partition coefficient (Wildman–Crippen LogP) is 14.9. The summed E-state index contributed by atoms with van der Waals surface area (Å²) in [7, 11) is 1.58. The molecular weight excluding hydrogens is 804 g/mol. The van der Waals surface area contributed by atoms with Crippen LogP contribution in [0.3, 0.4) is 0 Å². The van der Waals surface area contributed by atoms with Crippen LogP contribution in [0.4, 0.5) is 0 Å². The van der Waals surface area contributed by atoms with Crippen LogP contribution < -0.4 is 5.32 Å². The number of unbranched alkanes of at least 4 members (excludes halogenated alkanes) is 18. The molecule has 3 N–H and O–H groups in total. The molecule has 0 aliphatic rings. The number of phosphoric ester groups is 1. The first-order valence-electron chi connectivity index (χ1n) is 25.5. The number of likely N-dealkylation sites (N-methyl/N-ethyl adjacent to an activating group) is 1. The zero-order chi connectivity index (χ0) is 46.4. The maximum Gasteiger partial charge on any atom is 0.472 e. The average Bonchev–Trinajstić information content (AvgIpc) is 3.24. The Morgan fingerprint density at radius 2 is 0.952 bits per heavy atom. The van der Waals surface area contributed by atoms with Crippen LogP contribution in [-0.4, -0.2) is 73.4 Å². The van der Waals surface area contributed by atoms with Crippen LogP contribution in [0, 0.1) is 0 Å². The Kier molecular flexibility index (Phi) is 43.2. The minimum absolute atomic E-state index is 0.0632. The molecule has 9 heteroatoms. The zero-order valence-corrected chi connectivity index (χ0v) is 42.2. The third-order valence-electron chi connectivity index (χ3n) is 10.9. The van der Waals surface area contributed by atoms with Gasteiger partial charge in [0.15, 0.2) is 0 Å². The fraction of sp³-hybridized carbons (Fsp3) is 0.722. The number of quaternary nitrogens is 1. The van der Waals surface area contributed by atoms with Crippen LogP contribution >= 0.6 is 7.82 Å². The number of nitrogens with one attached hydrogen (secondary N) is 1. The second-order valence-electron chi connectivity index (χ2n) is 18.2. The summed E-state index contributed by atoms with van der Waals surface area (Å²) in [5.74, 6) is -0.179. The lowest BCUT2D eigenvalue weighted by Gasteiger charge is -2.26. The summed E-state index contributed by atoms with van der Waals surface area (Å²) < 4.78 is 23.7. The average molecular weight is 902 g/mol. The molecular formula is C54H98N2O6P+.